The third-order valence-corrected chi connectivity index (χ3v) is 3.00. The topological polar surface area (TPSA) is 40.9 Å². The summed E-state index contributed by atoms with van der Waals surface area (Å²) in [7, 11) is -0.657. The van der Waals surface area contributed by atoms with Gasteiger partial charge in [-0.3, -0.25) is 0 Å². The van der Waals surface area contributed by atoms with Crippen LogP contribution in [0.25, 0.3) is 0 Å². The molecule has 0 bridgehead atoms. The third kappa shape index (κ3) is 25.6. The predicted octanol–water partition coefficient (Wildman–Crippen LogP) is 2.64. The molecule has 0 amide bonds. The lowest BCUT2D eigenvalue weighted by Gasteiger charge is -2.12. The minimum absolute atomic E-state index is 0.657. The van der Waals surface area contributed by atoms with Gasteiger partial charge >= 0.3 is 0 Å². The van der Waals surface area contributed by atoms with Crippen molar-refractivity contribution in [3.8, 4) is 0 Å². The van der Waals surface area contributed by atoms with Crippen LogP contribution in [-0.2, 0) is 4.79 Å². The van der Waals surface area contributed by atoms with E-state index in [0.29, 0.717) is 0 Å². The van der Waals surface area contributed by atoms with Crippen molar-refractivity contribution in [1.29, 1.82) is 5.41 Å². The van der Waals surface area contributed by atoms with Crippen molar-refractivity contribution in [3.63, 3.8) is 0 Å². The Kier molecular flexibility index (Phi) is 8.25. The quantitative estimate of drug-likeness (QED) is 0.375. The van der Waals surface area contributed by atoms with Gasteiger partial charge in [-0.15, -0.1) is 0 Å². The molecule has 0 unspecified atom stereocenters. The summed E-state index contributed by atoms with van der Waals surface area (Å²) >= 11 is 0. The molecular formula is C7H17NOSi. The number of hydrogen-bond donors (Lipinski definition) is 1. The fraction of sp³-hybridized carbons (Fsp3) is 0.857. The van der Waals surface area contributed by atoms with Crippen molar-refractivity contribution in [3.05, 3.63) is 0 Å². The van der Waals surface area contributed by atoms with Gasteiger partial charge in [-0.2, -0.15) is 0 Å². The van der Waals surface area contributed by atoms with Crippen LogP contribution in [0.5, 0.6) is 0 Å². The first-order valence-electron chi connectivity index (χ1n) is 3.51. The Morgan fingerprint density at radius 1 is 1.40 bits per heavy atom. The van der Waals surface area contributed by atoms with E-state index in [9.17, 15) is 0 Å². The number of isocyanates is 1. The van der Waals surface area contributed by atoms with E-state index in [1.54, 1.807) is 0 Å². The summed E-state index contributed by atoms with van der Waals surface area (Å²) in [5.41, 5.74) is 0. The van der Waals surface area contributed by atoms with Crippen LogP contribution < -0.4 is 0 Å². The lowest BCUT2D eigenvalue weighted by molar-refractivity contribution is 0.563. The molecule has 0 fully saturated rings. The molecule has 0 aliphatic rings. The molecule has 0 saturated carbocycles. The Bertz CT molecular complexity index is 101. The van der Waals surface area contributed by atoms with Crippen molar-refractivity contribution in [2.24, 2.45) is 0 Å². The highest BCUT2D eigenvalue weighted by molar-refractivity contribution is 6.76. The van der Waals surface area contributed by atoms with Gasteiger partial charge in [0.2, 0.25) is 6.08 Å². The molecule has 0 aromatic rings. The molecule has 0 heterocycles. The summed E-state index contributed by atoms with van der Waals surface area (Å²) in [6.45, 7) is 9.50. The molecule has 3 heteroatoms. The minimum atomic E-state index is -0.657. The predicted molar refractivity (Wildman–Crippen MR) is 46.9 cm³/mol. The van der Waals surface area contributed by atoms with Gasteiger partial charge in [0.1, 0.15) is 0 Å². The van der Waals surface area contributed by atoms with Crippen molar-refractivity contribution in [2.45, 2.75) is 39.0 Å². The van der Waals surface area contributed by atoms with Gasteiger partial charge in [-0.1, -0.05) is 39.0 Å². The highest BCUT2D eigenvalue weighted by atomic mass is 28.3. The van der Waals surface area contributed by atoms with Crippen LogP contribution in [0.2, 0.25) is 25.7 Å². The maximum absolute atomic E-state index is 8.35. The first-order valence-corrected chi connectivity index (χ1v) is 7.22. The molecule has 60 valence electrons. The van der Waals surface area contributed by atoms with Gasteiger partial charge < -0.3 is 0 Å². The molecule has 0 saturated heterocycles. The molecule has 10 heavy (non-hydrogen) atoms. The van der Waals surface area contributed by atoms with Gasteiger partial charge in [-0.25, -0.2) is 10.2 Å². The monoisotopic (exact) mass is 159 g/mol. The lowest BCUT2D eigenvalue weighted by atomic mass is 10.6. The summed E-state index contributed by atoms with van der Waals surface area (Å²) in [6.07, 6.45) is 2.12. The summed E-state index contributed by atoms with van der Waals surface area (Å²) < 4.78 is 0. The number of hydrogen-bond acceptors (Lipinski definition) is 2. The Balaban J connectivity index is 0. The van der Waals surface area contributed by atoms with Crippen LogP contribution in [0.4, 0.5) is 0 Å². The zero-order chi connectivity index (χ0) is 8.62. The maximum atomic E-state index is 8.35. The largest absolute Gasteiger partial charge is 0.231 e. The van der Waals surface area contributed by atoms with Gasteiger partial charge in [0, 0.05) is 8.07 Å². The molecule has 1 N–H and O–H groups in total. The molecule has 0 atom stereocenters. The molecule has 2 nitrogen and oxygen atoms in total. The standard InChI is InChI=1S/C6H16Si.CHNO/c1-5-6-7(2,3)4;2-1-3/h5-6H2,1-4H3;2H. The van der Waals surface area contributed by atoms with E-state index < -0.39 is 8.07 Å². The van der Waals surface area contributed by atoms with Crippen LogP contribution in [0.15, 0.2) is 0 Å². The Labute approximate surface area is 64.2 Å². The number of rotatable bonds is 2. The zero-order valence-electron chi connectivity index (χ0n) is 7.32. The van der Waals surface area contributed by atoms with Crippen LogP contribution in [0.3, 0.4) is 0 Å². The van der Waals surface area contributed by atoms with Gasteiger partial charge in [0.25, 0.3) is 0 Å². The maximum Gasteiger partial charge on any atom is 0.231 e. The normalized spacial score (nSPS) is 9.20. The Morgan fingerprint density at radius 3 is 1.70 bits per heavy atom. The van der Waals surface area contributed by atoms with Crippen molar-refractivity contribution >= 4 is 14.2 Å². The van der Waals surface area contributed by atoms with Crippen molar-refractivity contribution in [2.75, 3.05) is 0 Å². The second-order valence-electron chi connectivity index (χ2n) is 3.41. The number of carbonyl (C=O) groups excluding carboxylic acids is 1. The zero-order valence-corrected chi connectivity index (χ0v) is 8.32. The molecule has 0 radical (unpaired) electrons. The smallest absolute Gasteiger partial charge is 0.222 e. The summed E-state index contributed by atoms with van der Waals surface area (Å²) in [5.74, 6) is 0. The van der Waals surface area contributed by atoms with Crippen LogP contribution >= 0.6 is 0 Å². The van der Waals surface area contributed by atoms with Gasteiger partial charge in [0.05, 0.1) is 0 Å². The van der Waals surface area contributed by atoms with E-state index in [-0.39, 0.29) is 0 Å². The summed E-state index contributed by atoms with van der Waals surface area (Å²) in [4.78, 5) is 8.35. The number of nitrogens with one attached hydrogen (secondary N) is 1. The van der Waals surface area contributed by atoms with E-state index in [1.165, 1.54) is 12.5 Å². The molecule has 0 aliphatic carbocycles. The second-order valence-corrected chi connectivity index (χ2v) is 9.03. The third-order valence-electron chi connectivity index (χ3n) is 1.000. The van der Waals surface area contributed by atoms with E-state index >= 15 is 0 Å². The van der Waals surface area contributed by atoms with E-state index in [4.69, 9.17) is 10.2 Å². The lowest BCUT2D eigenvalue weighted by Crippen LogP contribution is -2.17. The van der Waals surface area contributed by atoms with Crippen molar-refractivity contribution in [1.82, 2.24) is 0 Å². The van der Waals surface area contributed by atoms with E-state index in [1.807, 2.05) is 0 Å². The summed E-state index contributed by atoms with van der Waals surface area (Å²) in [6, 6.07) is 1.48. The Morgan fingerprint density at radius 2 is 1.70 bits per heavy atom. The van der Waals surface area contributed by atoms with E-state index in [2.05, 4.69) is 26.6 Å². The van der Waals surface area contributed by atoms with E-state index in [0.717, 1.165) is 6.08 Å². The second kappa shape index (κ2) is 6.71. The minimum Gasteiger partial charge on any atom is -0.222 e. The Hall–Kier alpha value is -0.403. The fourth-order valence-corrected chi connectivity index (χ4v) is 2.25. The molecule has 0 spiro atoms. The molecule has 0 aromatic heterocycles. The van der Waals surface area contributed by atoms with Crippen LogP contribution in [0, 0.1) is 5.41 Å². The van der Waals surface area contributed by atoms with Gasteiger partial charge in [-0.05, 0) is 0 Å². The highest BCUT2D eigenvalue weighted by Gasteiger charge is 2.09. The average Bonchev–Trinajstić information content (AvgIpc) is 1.63. The van der Waals surface area contributed by atoms with Crippen molar-refractivity contribution < 1.29 is 4.79 Å². The fourth-order valence-electron chi connectivity index (χ4n) is 0.750. The highest BCUT2D eigenvalue weighted by Crippen LogP contribution is 2.09. The van der Waals surface area contributed by atoms with Crippen LogP contribution in [0.1, 0.15) is 13.3 Å². The summed E-state index contributed by atoms with van der Waals surface area (Å²) in [5, 5.41) is 5.40. The molecular weight excluding hydrogens is 142 g/mol. The van der Waals surface area contributed by atoms with Crippen LogP contribution in [-0.4, -0.2) is 14.2 Å². The van der Waals surface area contributed by atoms with Gasteiger partial charge in [0.15, 0.2) is 0 Å². The molecule has 0 rings (SSSR count). The SMILES string of the molecule is CCC[Si](C)(C)C.N=C=O. The molecule has 0 aliphatic heterocycles. The average molecular weight is 159 g/mol. The first-order chi connectivity index (χ1) is 4.47. The molecule has 0 aromatic carbocycles. The first kappa shape index (κ1) is 12.3.